The third-order valence-corrected chi connectivity index (χ3v) is 2.41. The van der Waals surface area contributed by atoms with Crippen LogP contribution in [0.15, 0.2) is 24.3 Å². The maximum absolute atomic E-state index is 11.2. The van der Waals surface area contributed by atoms with E-state index in [2.05, 4.69) is 10.1 Å². The monoisotopic (exact) mass is 221 g/mol. The first-order valence-electron chi connectivity index (χ1n) is 5.10. The van der Waals surface area contributed by atoms with Crippen molar-refractivity contribution in [3.63, 3.8) is 0 Å². The van der Waals surface area contributed by atoms with Gasteiger partial charge in [-0.25, -0.2) is 4.79 Å². The molecular weight excluding hydrogens is 206 g/mol. The molecule has 1 atom stereocenters. The Balaban J connectivity index is 2.84. The summed E-state index contributed by atoms with van der Waals surface area (Å²) in [7, 11) is 1.35. The Morgan fingerprint density at radius 3 is 2.50 bits per heavy atom. The minimum atomic E-state index is -0.358. The Labute approximate surface area is 94.6 Å². The lowest BCUT2D eigenvalue weighted by atomic mass is 10.0. The highest BCUT2D eigenvalue weighted by molar-refractivity contribution is 5.89. The van der Waals surface area contributed by atoms with Crippen LogP contribution in [0.5, 0.6) is 0 Å². The van der Waals surface area contributed by atoms with Gasteiger partial charge >= 0.3 is 5.97 Å². The predicted octanol–water partition coefficient (Wildman–Crippen LogP) is 1.67. The van der Waals surface area contributed by atoms with Crippen LogP contribution in [0, 0.1) is 0 Å². The molecule has 0 aliphatic rings. The fourth-order valence-corrected chi connectivity index (χ4v) is 1.50. The fraction of sp³-hybridized carbons (Fsp3) is 0.333. The van der Waals surface area contributed by atoms with Gasteiger partial charge < -0.3 is 10.1 Å². The lowest BCUT2D eigenvalue weighted by Gasteiger charge is -2.14. The summed E-state index contributed by atoms with van der Waals surface area (Å²) in [5, 5.41) is 2.71. The van der Waals surface area contributed by atoms with Crippen LogP contribution in [-0.2, 0) is 9.53 Å². The van der Waals surface area contributed by atoms with Gasteiger partial charge in [0.05, 0.1) is 18.7 Å². The summed E-state index contributed by atoms with van der Waals surface area (Å²) in [6, 6.07) is 7.00. The number of rotatable bonds is 5. The van der Waals surface area contributed by atoms with Gasteiger partial charge in [-0.2, -0.15) is 0 Å². The van der Waals surface area contributed by atoms with E-state index in [4.69, 9.17) is 0 Å². The molecule has 1 rings (SSSR count). The molecule has 0 aromatic heterocycles. The number of hydrogen-bond donors (Lipinski definition) is 1. The molecule has 86 valence electrons. The molecular formula is C12H15NO3. The number of carbonyl (C=O) groups is 2. The molecule has 0 bridgehead atoms. The summed E-state index contributed by atoms with van der Waals surface area (Å²) in [6.07, 6.45) is 1.48. The van der Waals surface area contributed by atoms with Crippen molar-refractivity contribution in [3.8, 4) is 0 Å². The smallest absolute Gasteiger partial charge is 0.337 e. The number of ether oxygens (including phenoxy) is 1. The van der Waals surface area contributed by atoms with Gasteiger partial charge in [-0.3, -0.25) is 4.79 Å². The van der Waals surface area contributed by atoms with E-state index < -0.39 is 0 Å². The molecule has 1 N–H and O–H groups in total. The highest BCUT2D eigenvalue weighted by atomic mass is 16.5. The number of hydrogen-bond acceptors (Lipinski definition) is 3. The summed E-state index contributed by atoms with van der Waals surface area (Å²) in [6.45, 7) is 1.98. The van der Waals surface area contributed by atoms with Crippen LogP contribution < -0.4 is 5.32 Å². The Morgan fingerprint density at radius 1 is 1.44 bits per heavy atom. The molecule has 1 aromatic carbocycles. The van der Waals surface area contributed by atoms with Gasteiger partial charge in [-0.1, -0.05) is 19.1 Å². The van der Waals surface area contributed by atoms with E-state index in [9.17, 15) is 9.59 Å². The Kier molecular flexibility index (Phi) is 4.51. The first kappa shape index (κ1) is 12.2. The number of benzene rings is 1. The first-order chi connectivity index (χ1) is 7.72. The zero-order chi connectivity index (χ0) is 12.0. The summed E-state index contributed by atoms with van der Waals surface area (Å²) in [4.78, 5) is 21.6. The van der Waals surface area contributed by atoms with Gasteiger partial charge in [-0.15, -0.1) is 0 Å². The van der Waals surface area contributed by atoms with E-state index in [1.54, 1.807) is 12.1 Å². The number of nitrogens with one attached hydrogen (secondary N) is 1. The van der Waals surface area contributed by atoms with E-state index in [-0.39, 0.29) is 12.0 Å². The zero-order valence-corrected chi connectivity index (χ0v) is 9.40. The zero-order valence-electron chi connectivity index (χ0n) is 9.40. The molecule has 0 spiro atoms. The van der Waals surface area contributed by atoms with Crippen molar-refractivity contribution in [2.45, 2.75) is 19.4 Å². The van der Waals surface area contributed by atoms with E-state index in [1.165, 1.54) is 7.11 Å². The topological polar surface area (TPSA) is 55.4 Å². The number of methoxy groups -OCH3 is 1. The van der Waals surface area contributed by atoms with Crippen LogP contribution in [-0.4, -0.2) is 19.5 Å². The molecule has 0 heterocycles. The predicted molar refractivity (Wildman–Crippen MR) is 60.0 cm³/mol. The average Bonchev–Trinajstić information content (AvgIpc) is 2.35. The SMILES string of the molecule is CC[C@@H](NC=O)c1ccc(C(=O)OC)cc1. The van der Waals surface area contributed by atoms with Crippen LogP contribution in [0.3, 0.4) is 0 Å². The van der Waals surface area contributed by atoms with Crippen molar-refractivity contribution in [2.24, 2.45) is 0 Å². The molecule has 0 unspecified atom stereocenters. The summed E-state index contributed by atoms with van der Waals surface area (Å²) in [5.74, 6) is -0.358. The average molecular weight is 221 g/mol. The van der Waals surface area contributed by atoms with Crippen LogP contribution in [0.1, 0.15) is 35.3 Å². The highest BCUT2D eigenvalue weighted by Crippen LogP contribution is 2.16. The second kappa shape index (κ2) is 5.90. The molecule has 0 fully saturated rings. The van der Waals surface area contributed by atoms with E-state index in [0.717, 1.165) is 12.0 Å². The largest absolute Gasteiger partial charge is 0.465 e. The molecule has 4 heteroatoms. The van der Waals surface area contributed by atoms with Gasteiger partial charge in [-0.05, 0) is 24.1 Å². The first-order valence-corrected chi connectivity index (χ1v) is 5.10. The maximum atomic E-state index is 11.2. The normalized spacial score (nSPS) is 11.6. The summed E-state index contributed by atoms with van der Waals surface area (Å²) >= 11 is 0. The van der Waals surface area contributed by atoms with Crippen LogP contribution >= 0.6 is 0 Å². The molecule has 4 nitrogen and oxygen atoms in total. The van der Waals surface area contributed by atoms with E-state index >= 15 is 0 Å². The highest BCUT2D eigenvalue weighted by Gasteiger charge is 2.09. The number of esters is 1. The van der Waals surface area contributed by atoms with Crippen molar-refractivity contribution in [2.75, 3.05) is 7.11 Å². The van der Waals surface area contributed by atoms with Crippen LogP contribution in [0.4, 0.5) is 0 Å². The maximum Gasteiger partial charge on any atom is 0.337 e. The fourth-order valence-electron chi connectivity index (χ4n) is 1.50. The van der Waals surface area contributed by atoms with Crippen LogP contribution in [0.2, 0.25) is 0 Å². The lowest BCUT2D eigenvalue weighted by molar-refractivity contribution is -0.110. The molecule has 0 saturated heterocycles. The second-order valence-corrected chi connectivity index (χ2v) is 3.36. The van der Waals surface area contributed by atoms with Crippen molar-refractivity contribution < 1.29 is 14.3 Å². The second-order valence-electron chi connectivity index (χ2n) is 3.36. The van der Waals surface area contributed by atoms with Gasteiger partial charge in [0.15, 0.2) is 0 Å². The van der Waals surface area contributed by atoms with Gasteiger partial charge in [0, 0.05) is 0 Å². The molecule has 0 aliphatic heterocycles. The molecule has 1 amide bonds. The summed E-state index contributed by atoms with van der Waals surface area (Å²) < 4.78 is 4.60. The third kappa shape index (κ3) is 2.82. The standard InChI is InChI=1S/C12H15NO3/c1-3-11(13-8-14)9-4-6-10(7-5-9)12(15)16-2/h4-8,11H,3H2,1-2H3,(H,13,14)/t11-/m1/s1. The molecule has 0 saturated carbocycles. The Morgan fingerprint density at radius 2 is 2.06 bits per heavy atom. The molecule has 0 radical (unpaired) electrons. The van der Waals surface area contributed by atoms with Gasteiger partial charge in [0.1, 0.15) is 0 Å². The molecule has 1 aromatic rings. The molecule has 0 aliphatic carbocycles. The van der Waals surface area contributed by atoms with Gasteiger partial charge in [0.2, 0.25) is 6.41 Å². The molecule has 16 heavy (non-hydrogen) atoms. The Bertz CT molecular complexity index is 359. The van der Waals surface area contributed by atoms with Crippen molar-refractivity contribution in [3.05, 3.63) is 35.4 Å². The summed E-state index contributed by atoms with van der Waals surface area (Å²) in [5.41, 5.74) is 1.48. The van der Waals surface area contributed by atoms with Crippen molar-refractivity contribution >= 4 is 12.4 Å². The number of amides is 1. The van der Waals surface area contributed by atoms with Crippen LogP contribution in [0.25, 0.3) is 0 Å². The minimum absolute atomic E-state index is 0.0100. The van der Waals surface area contributed by atoms with Gasteiger partial charge in [0.25, 0.3) is 0 Å². The minimum Gasteiger partial charge on any atom is -0.465 e. The quantitative estimate of drug-likeness (QED) is 0.607. The van der Waals surface area contributed by atoms with Crippen molar-refractivity contribution in [1.29, 1.82) is 0 Å². The Hall–Kier alpha value is -1.84. The van der Waals surface area contributed by atoms with E-state index in [0.29, 0.717) is 12.0 Å². The number of carbonyl (C=O) groups excluding carboxylic acids is 2. The van der Waals surface area contributed by atoms with E-state index in [1.807, 2.05) is 19.1 Å². The van der Waals surface area contributed by atoms with Crippen molar-refractivity contribution in [1.82, 2.24) is 5.32 Å². The third-order valence-electron chi connectivity index (χ3n) is 2.41. The lowest BCUT2D eigenvalue weighted by Crippen LogP contribution is -2.18.